The topological polar surface area (TPSA) is 83.5 Å². The van der Waals surface area contributed by atoms with E-state index in [4.69, 9.17) is 5.11 Å². The number of sulfonamides is 1. The minimum Gasteiger partial charge on any atom is -0.478 e. The lowest BCUT2D eigenvalue weighted by molar-refractivity contribution is 0.0695. The van der Waals surface area contributed by atoms with Crippen LogP contribution in [0, 0.1) is 5.41 Å². The quantitative estimate of drug-likeness (QED) is 0.844. The van der Waals surface area contributed by atoms with Crippen molar-refractivity contribution in [2.75, 3.05) is 6.54 Å². The predicted octanol–water partition coefficient (Wildman–Crippen LogP) is 2.62. The number of halogens is 1. The molecule has 0 spiro atoms. The zero-order chi connectivity index (χ0) is 15.0. The molecule has 2 rings (SSSR count). The molecule has 1 aliphatic carbocycles. The van der Waals surface area contributed by atoms with Crippen LogP contribution in [0.2, 0.25) is 0 Å². The number of hydrogen-bond acceptors (Lipinski definition) is 3. The lowest BCUT2D eigenvalue weighted by Crippen LogP contribution is -2.39. The molecular weight excluding hydrogens is 346 g/mol. The first kappa shape index (κ1) is 15.5. The Morgan fingerprint density at radius 1 is 1.45 bits per heavy atom. The Hall–Kier alpha value is -0.920. The number of carboxylic acids is 1. The first-order valence-corrected chi connectivity index (χ1v) is 8.54. The number of carbonyl (C=O) groups is 1. The van der Waals surface area contributed by atoms with Crippen molar-refractivity contribution in [3.8, 4) is 0 Å². The molecule has 0 unspecified atom stereocenters. The molecule has 0 saturated heterocycles. The second-order valence-electron chi connectivity index (χ2n) is 5.44. The van der Waals surface area contributed by atoms with E-state index in [2.05, 4.69) is 20.7 Å². The molecule has 0 atom stereocenters. The monoisotopic (exact) mass is 361 g/mol. The van der Waals surface area contributed by atoms with Crippen LogP contribution >= 0.6 is 15.9 Å². The number of carboxylic acid groups (broad SMARTS) is 1. The largest absolute Gasteiger partial charge is 0.478 e. The molecule has 1 aromatic rings. The first-order chi connectivity index (χ1) is 9.23. The summed E-state index contributed by atoms with van der Waals surface area (Å²) in [4.78, 5) is 11.0. The van der Waals surface area contributed by atoms with E-state index in [1.165, 1.54) is 12.1 Å². The SMILES string of the molecule is CC1(CNS(=O)(=O)c2ccc(Br)c(C(=O)O)c2)CCC1. The van der Waals surface area contributed by atoms with E-state index in [9.17, 15) is 13.2 Å². The van der Waals surface area contributed by atoms with E-state index >= 15 is 0 Å². The van der Waals surface area contributed by atoms with Gasteiger partial charge in [0.2, 0.25) is 10.0 Å². The Labute approximate surface area is 126 Å². The maximum Gasteiger partial charge on any atom is 0.336 e. The second kappa shape index (κ2) is 5.46. The molecule has 1 saturated carbocycles. The molecule has 1 aromatic carbocycles. The highest BCUT2D eigenvalue weighted by molar-refractivity contribution is 9.10. The standard InChI is InChI=1S/C13H16BrNO4S/c1-13(5-2-6-13)8-15-20(18,19)9-3-4-11(14)10(7-9)12(16)17/h3-4,7,15H,2,5-6,8H2,1H3,(H,16,17). The van der Waals surface area contributed by atoms with Gasteiger partial charge in [-0.2, -0.15) is 0 Å². The highest BCUT2D eigenvalue weighted by atomic mass is 79.9. The number of benzene rings is 1. The van der Waals surface area contributed by atoms with Crippen molar-refractivity contribution in [1.82, 2.24) is 4.72 Å². The number of nitrogens with one attached hydrogen (secondary N) is 1. The summed E-state index contributed by atoms with van der Waals surface area (Å²) in [6, 6.07) is 3.99. The van der Waals surface area contributed by atoms with E-state index in [1.54, 1.807) is 0 Å². The Morgan fingerprint density at radius 2 is 2.10 bits per heavy atom. The molecule has 2 N–H and O–H groups in total. The minimum absolute atomic E-state index is 0.0259. The molecule has 20 heavy (non-hydrogen) atoms. The van der Waals surface area contributed by atoms with Gasteiger partial charge in [0.1, 0.15) is 0 Å². The van der Waals surface area contributed by atoms with Gasteiger partial charge in [0, 0.05) is 11.0 Å². The van der Waals surface area contributed by atoms with Crippen LogP contribution in [0.5, 0.6) is 0 Å². The summed E-state index contributed by atoms with van der Waals surface area (Å²) in [6.07, 6.45) is 3.14. The second-order valence-corrected chi connectivity index (χ2v) is 8.06. The highest BCUT2D eigenvalue weighted by Gasteiger charge is 2.33. The molecule has 7 heteroatoms. The van der Waals surface area contributed by atoms with E-state index in [0.717, 1.165) is 25.3 Å². The van der Waals surface area contributed by atoms with Crippen molar-refractivity contribution in [2.24, 2.45) is 5.41 Å². The third-order valence-corrected chi connectivity index (χ3v) is 5.82. The molecule has 1 fully saturated rings. The van der Waals surface area contributed by atoms with Gasteiger partial charge in [0.25, 0.3) is 0 Å². The molecule has 0 radical (unpaired) electrons. The molecule has 5 nitrogen and oxygen atoms in total. The third-order valence-electron chi connectivity index (χ3n) is 3.73. The van der Waals surface area contributed by atoms with Gasteiger partial charge in [-0.3, -0.25) is 0 Å². The Kier molecular flexibility index (Phi) is 4.22. The third kappa shape index (κ3) is 3.21. The molecule has 0 heterocycles. The zero-order valence-electron chi connectivity index (χ0n) is 11.0. The maximum absolute atomic E-state index is 12.2. The van der Waals surface area contributed by atoms with E-state index in [0.29, 0.717) is 11.0 Å². The van der Waals surface area contributed by atoms with Crippen LogP contribution in [-0.4, -0.2) is 26.0 Å². The molecule has 0 amide bonds. The van der Waals surface area contributed by atoms with Crippen LogP contribution in [0.4, 0.5) is 0 Å². The summed E-state index contributed by atoms with van der Waals surface area (Å²) in [5.74, 6) is -1.17. The molecule has 1 aliphatic rings. The van der Waals surface area contributed by atoms with Crippen LogP contribution < -0.4 is 4.72 Å². The smallest absolute Gasteiger partial charge is 0.336 e. The van der Waals surface area contributed by atoms with Gasteiger partial charge in [0.05, 0.1) is 10.5 Å². The van der Waals surface area contributed by atoms with Crippen molar-refractivity contribution >= 4 is 31.9 Å². The molecule has 0 aromatic heterocycles. The van der Waals surface area contributed by atoms with Crippen molar-refractivity contribution in [3.63, 3.8) is 0 Å². The van der Waals surface area contributed by atoms with E-state index in [-0.39, 0.29) is 15.9 Å². The lowest BCUT2D eigenvalue weighted by atomic mass is 9.71. The van der Waals surface area contributed by atoms with Gasteiger partial charge in [0.15, 0.2) is 0 Å². The Balaban J connectivity index is 2.21. The molecule has 110 valence electrons. The predicted molar refractivity (Wildman–Crippen MR) is 78.2 cm³/mol. The Morgan fingerprint density at radius 3 is 2.60 bits per heavy atom. The fourth-order valence-corrected chi connectivity index (χ4v) is 3.79. The van der Waals surface area contributed by atoms with Crippen LogP contribution in [0.25, 0.3) is 0 Å². The van der Waals surface area contributed by atoms with Crippen molar-refractivity contribution < 1.29 is 18.3 Å². The van der Waals surface area contributed by atoms with Crippen molar-refractivity contribution in [3.05, 3.63) is 28.2 Å². The van der Waals surface area contributed by atoms with Gasteiger partial charge < -0.3 is 5.11 Å². The fourth-order valence-electron chi connectivity index (χ4n) is 2.15. The van der Waals surface area contributed by atoms with Crippen LogP contribution in [0.1, 0.15) is 36.5 Å². The average molecular weight is 362 g/mol. The van der Waals surface area contributed by atoms with Crippen molar-refractivity contribution in [2.45, 2.75) is 31.1 Å². The summed E-state index contributed by atoms with van der Waals surface area (Å²) in [5, 5.41) is 9.02. The maximum atomic E-state index is 12.2. The summed E-state index contributed by atoms with van der Waals surface area (Å²) in [6.45, 7) is 2.43. The minimum atomic E-state index is -3.68. The van der Waals surface area contributed by atoms with Crippen LogP contribution in [0.3, 0.4) is 0 Å². The zero-order valence-corrected chi connectivity index (χ0v) is 13.4. The van der Waals surface area contributed by atoms with Gasteiger partial charge >= 0.3 is 5.97 Å². The molecule has 0 bridgehead atoms. The molecular formula is C13H16BrNO4S. The van der Waals surface area contributed by atoms with Crippen LogP contribution in [-0.2, 0) is 10.0 Å². The highest BCUT2D eigenvalue weighted by Crippen LogP contribution is 2.39. The van der Waals surface area contributed by atoms with E-state index in [1.807, 2.05) is 6.92 Å². The van der Waals surface area contributed by atoms with Gasteiger partial charge in [-0.05, 0) is 52.4 Å². The number of rotatable bonds is 5. The molecule has 0 aliphatic heterocycles. The number of hydrogen-bond donors (Lipinski definition) is 2. The summed E-state index contributed by atoms with van der Waals surface area (Å²) in [5.41, 5.74) is -0.0411. The fraction of sp³-hybridized carbons (Fsp3) is 0.462. The number of aromatic carboxylic acids is 1. The summed E-state index contributed by atoms with van der Waals surface area (Å²) >= 11 is 3.09. The lowest BCUT2D eigenvalue weighted by Gasteiger charge is -2.38. The first-order valence-electron chi connectivity index (χ1n) is 6.26. The Bertz CT molecular complexity index is 638. The van der Waals surface area contributed by atoms with Crippen molar-refractivity contribution in [1.29, 1.82) is 0 Å². The van der Waals surface area contributed by atoms with E-state index < -0.39 is 16.0 Å². The van der Waals surface area contributed by atoms with Gasteiger partial charge in [-0.25, -0.2) is 17.9 Å². The van der Waals surface area contributed by atoms with Crippen LogP contribution in [0.15, 0.2) is 27.6 Å². The average Bonchev–Trinajstić information content (AvgIpc) is 2.34. The normalized spacial score (nSPS) is 17.5. The summed E-state index contributed by atoms with van der Waals surface area (Å²) < 4.78 is 27.3. The summed E-state index contributed by atoms with van der Waals surface area (Å²) in [7, 11) is -3.68. The van der Waals surface area contributed by atoms with Gasteiger partial charge in [-0.1, -0.05) is 13.3 Å². The van der Waals surface area contributed by atoms with Gasteiger partial charge in [-0.15, -0.1) is 0 Å².